The third-order valence-electron chi connectivity index (χ3n) is 2.89. The zero-order chi connectivity index (χ0) is 12.4. The molecule has 1 aliphatic rings. The quantitative estimate of drug-likeness (QED) is 0.834. The van der Waals surface area contributed by atoms with Crippen LogP contribution < -0.4 is 10.6 Å². The molecule has 0 aliphatic carbocycles. The van der Waals surface area contributed by atoms with Crippen LogP contribution in [0.5, 0.6) is 0 Å². The van der Waals surface area contributed by atoms with Gasteiger partial charge < -0.3 is 10.6 Å². The molecule has 1 amide bonds. The number of hydrogen-bond acceptors (Lipinski definition) is 2. The molecule has 0 fully saturated rings. The topological polar surface area (TPSA) is 41.1 Å². The predicted octanol–water partition coefficient (Wildman–Crippen LogP) is 2.75. The molecule has 1 aromatic carbocycles. The number of fused-ring (bicyclic) bond motifs is 1. The maximum atomic E-state index is 13.5. The number of anilines is 2. The van der Waals surface area contributed by atoms with Gasteiger partial charge in [0.25, 0.3) is 0 Å². The Morgan fingerprint density at radius 2 is 2.18 bits per heavy atom. The predicted molar refractivity (Wildman–Crippen MR) is 61.9 cm³/mol. The Labute approximate surface area is 98.2 Å². The Kier molecular flexibility index (Phi) is 3.26. The second-order valence-corrected chi connectivity index (χ2v) is 4.14. The van der Waals surface area contributed by atoms with E-state index in [1.165, 1.54) is 6.07 Å². The van der Waals surface area contributed by atoms with Gasteiger partial charge in [-0.25, -0.2) is 8.78 Å². The van der Waals surface area contributed by atoms with Gasteiger partial charge in [-0.3, -0.25) is 4.79 Å². The van der Waals surface area contributed by atoms with Crippen LogP contribution in [0, 0.1) is 17.6 Å². The molecule has 0 bridgehead atoms. The van der Waals surface area contributed by atoms with Gasteiger partial charge in [0.05, 0.1) is 17.3 Å². The maximum Gasteiger partial charge on any atom is 0.229 e. The van der Waals surface area contributed by atoms with Crippen molar-refractivity contribution in [2.24, 2.45) is 5.92 Å². The van der Waals surface area contributed by atoms with E-state index in [9.17, 15) is 13.6 Å². The van der Waals surface area contributed by atoms with E-state index in [2.05, 4.69) is 10.6 Å². The lowest BCUT2D eigenvalue weighted by atomic mass is 10.0. The molecule has 0 saturated heterocycles. The van der Waals surface area contributed by atoms with E-state index in [1.807, 2.05) is 6.92 Å². The summed E-state index contributed by atoms with van der Waals surface area (Å²) in [7, 11) is 0. The van der Waals surface area contributed by atoms with Gasteiger partial charge >= 0.3 is 0 Å². The molecule has 0 radical (unpaired) electrons. The monoisotopic (exact) mass is 240 g/mol. The summed E-state index contributed by atoms with van der Waals surface area (Å²) in [5.74, 6) is -2.22. The molecule has 2 N–H and O–H groups in total. The highest BCUT2D eigenvalue weighted by molar-refractivity contribution is 5.97. The van der Waals surface area contributed by atoms with Crippen LogP contribution in [0.3, 0.4) is 0 Å². The summed E-state index contributed by atoms with van der Waals surface area (Å²) in [6.07, 6.45) is 1.59. The summed E-state index contributed by atoms with van der Waals surface area (Å²) in [6.45, 7) is 2.30. The Hall–Kier alpha value is -1.65. The number of rotatable bonds is 2. The first-order valence-corrected chi connectivity index (χ1v) is 5.66. The van der Waals surface area contributed by atoms with Crippen molar-refractivity contribution in [1.82, 2.24) is 0 Å². The van der Waals surface area contributed by atoms with E-state index < -0.39 is 11.6 Å². The fraction of sp³-hybridized carbons (Fsp3) is 0.417. The zero-order valence-electron chi connectivity index (χ0n) is 9.52. The third-order valence-corrected chi connectivity index (χ3v) is 2.89. The van der Waals surface area contributed by atoms with Crippen LogP contribution in [0.1, 0.15) is 19.8 Å². The lowest BCUT2D eigenvalue weighted by Crippen LogP contribution is -2.25. The second kappa shape index (κ2) is 4.69. The minimum Gasteiger partial charge on any atom is -0.380 e. The van der Waals surface area contributed by atoms with Crippen molar-refractivity contribution < 1.29 is 13.6 Å². The molecule has 0 spiro atoms. The van der Waals surface area contributed by atoms with Gasteiger partial charge in [0.2, 0.25) is 5.91 Å². The minimum atomic E-state index is -0.944. The highest BCUT2D eigenvalue weighted by Gasteiger charge is 2.25. The molecule has 92 valence electrons. The molecule has 0 saturated carbocycles. The Balaban J connectivity index is 2.31. The molecular formula is C12H14F2N2O. The summed E-state index contributed by atoms with van der Waals surface area (Å²) in [4.78, 5) is 11.8. The van der Waals surface area contributed by atoms with Gasteiger partial charge in [-0.15, -0.1) is 0 Å². The molecular weight excluding hydrogens is 226 g/mol. The summed E-state index contributed by atoms with van der Waals surface area (Å²) >= 11 is 0. The van der Waals surface area contributed by atoms with E-state index in [0.29, 0.717) is 12.2 Å². The van der Waals surface area contributed by atoms with Crippen molar-refractivity contribution in [3.63, 3.8) is 0 Å². The number of carbonyl (C=O) groups excluding carboxylic acids is 1. The highest BCUT2D eigenvalue weighted by atomic mass is 19.2. The number of amides is 1. The average Bonchev–Trinajstić information content (AvgIpc) is 2.46. The normalized spacial score (nSPS) is 19.0. The van der Waals surface area contributed by atoms with E-state index in [0.717, 1.165) is 18.9 Å². The number of halogens is 2. The summed E-state index contributed by atoms with van der Waals surface area (Å²) in [6, 6.07) is 2.38. The summed E-state index contributed by atoms with van der Waals surface area (Å²) in [5, 5.41) is 5.42. The zero-order valence-corrected chi connectivity index (χ0v) is 9.52. The third kappa shape index (κ3) is 2.23. The summed E-state index contributed by atoms with van der Waals surface area (Å²) < 4.78 is 26.6. The van der Waals surface area contributed by atoms with Crippen molar-refractivity contribution in [3.8, 4) is 0 Å². The molecule has 2 rings (SSSR count). The van der Waals surface area contributed by atoms with E-state index in [-0.39, 0.29) is 17.5 Å². The lowest BCUT2D eigenvalue weighted by Gasteiger charge is -2.11. The van der Waals surface area contributed by atoms with Gasteiger partial charge in [0, 0.05) is 6.54 Å². The fourth-order valence-electron chi connectivity index (χ4n) is 1.96. The van der Waals surface area contributed by atoms with Crippen LogP contribution in [-0.4, -0.2) is 12.5 Å². The fourth-order valence-corrected chi connectivity index (χ4v) is 1.96. The number of benzene rings is 1. The van der Waals surface area contributed by atoms with Crippen molar-refractivity contribution in [3.05, 3.63) is 23.8 Å². The molecule has 1 heterocycles. The first-order chi connectivity index (χ1) is 8.13. The molecule has 5 heteroatoms. The van der Waals surface area contributed by atoms with Gasteiger partial charge in [-0.1, -0.05) is 13.3 Å². The Bertz CT molecular complexity index is 448. The van der Waals surface area contributed by atoms with E-state index >= 15 is 0 Å². The van der Waals surface area contributed by atoms with Crippen molar-refractivity contribution in [2.45, 2.75) is 19.8 Å². The largest absolute Gasteiger partial charge is 0.380 e. The van der Waals surface area contributed by atoms with Crippen LogP contribution in [0.25, 0.3) is 0 Å². The van der Waals surface area contributed by atoms with E-state index in [1.54, 1.807) is 0 Å². The molecule has 1 atom stereocenters. The lowest BCUT2D eigenvalue weighted by molar-refractivity contribution is -0.119. The van der Waals surface area contributed by atoms with Gasteiger partial charge in [0.15, 0.2) is 11.6 Å². The van der Waals surface area contributed by atoms with Crippen molar-refractivity contribution in [1.29, 1.82) is 0 Å². The molecule has 17 heavy (non-hydrogen) atoms. The van der Waals surface area contributed by atoms with Crippen LogP contribution in [0.4, 0.5) is 20.2 Å². The van der Waals surface area contributed by atoms with Gasteiger partial charge in [-0.2, -0.15) is 0 Å². The molecule has 1 aromatic rings. The Morgan fingerprint density at radius 1 is 1.41 bits per heavy atom. The number of hydrogen-bond donors (Lipinski definition) is 2. The molecule has 1 aliphatic heterocycles. The van der Waals surface area contributed by atoms with Crippen molar-refractivity contribution >= 4 is 17.3 Å². The first-order valence-electron chi connectivity index (χ1n) is 5.66. The van der Waals surface area contributed by atoms with Crippen LogP contribution in [0.2, 0.25) is 0 Å². The highest BCUT2D eigenvalue weighted by Crippen LogP contribution is 2.30. The van der Waals surface area contributed by atoms with E-state index in [4.69, 9.17) is 0 Å². The van der Waals surface area contributed by atoms with Crippen LogP contribution >= 0.6 is 0 Å². The van der Waals surface area contributed by atoms with Crippen LogP contribution in [-0.2, 0) is 4.79 Å². The SMILES string of the molecule is CCCC1CNc2c(ccc(F)c2F)NC1=O. The van der Waals surface area contributed by atoms with Gasteiger partial charge in [-0.05, 0) is 18.6 Å². The second-order valence-electron chi connectivity index (χ2n) is 4.14. The molecule has 1 unspecified atom stereocenters. The van der Waals surface area contributed by atoms with Crippen molar-refractivity contribution in [2.75, 3.05) is 17.2 Å². The smallest absolute Gasteiger partial charge is 0.229 e. The Morgan fingerprint density at radius 3 is 2.88 bits per heavy atom. The first kappa shape index (κ1) is 11.8. The minimum absolute atomic E-state index is 0.0388. The summed E-state index contributed by atoms with van der Waals surface area (Å²) in [5.41, 5.74) is 0.337. The van der Waals surface area contributed by atoms with Crippen LogP contribution in [0.15, 0.2) is 12.1 Å². The molecule has 0 aromatic heterocycles. The van der Waals surface area contributed by atoms with Gasteiger partial charge in [0.1, 0.15) is 0 Å². The molecule has 3 nitrogen and oxygen atoms in total. The standard InChI is InChI=1S/C12H14F2N2O/c1-2-3-7-6-15-11-9(16-12(7)17)5-4-8(13)10(11)14/h4-5,7,15H,2-3,6H2,1H3,(H,16,17). The number of nitrogens with one attached hydrogen (secondary N) is 2. The number of carbonyl (C=O) groups is 1. The maximum absolute atomic E-state index is 13.5. The average molecular weight is 240 g/mol.